The third kappa shape index (κ3) is 21.0. The first-order valence-corrected chi connectivity index (χ1v) is 16.8. The van der Waals surface area contributed by atoms with Crippen molar-refractivity contribution in [3.05, 3.63) is 36.0 Å². The number of allylic oxidation sites excluding steroid dienone is 4. The molecule has 0 unspecified atom stereocenters. The molecule has 238 valence electrons. The van der Waals surface area contributed by atoms with E-state index >= 15 is 0 Å². The fourth-order valence-corrected chi connectivity index (χ4v) is 5.29. The van der Waals surface area contributed by atoms with Crippen LogP contribution in [0.2, 0.25) is 0 Å². The summed E-state index contributed by atoms with van der Waals surface area (Å²) in [4.78, 5) is 11.6. The second-order valence-corrected chi connectivity index (χ2v) is 12.0. The molecule has 0 saturated carbocycles. The average molecular weight is 579 g/mol. The van der Waals surface area contributed by atoms with Gasteiger partial charge in [-0.1, -0.05) is 95.4 Å². The SMILES string of the molecule is CCCCCCCCCC/C=C/CC[C@H](O)[C@@H](O)CC/C=C\CC[C@H](O)CCCCC[C@@H](O)CC1=C[C@@H](C)OC1=O. The Kier molecular flexibility index (Phi) is 23.0. The first-order valence-electron chi connectivity index (χ1n) is 16.8. The summed E-state index contributed by atoms with van der Waals surface area (Å²) >= 11 is 0. The molecule has 1 aliphatic heterocycles. The topological polar surface area (TPSA) is 107 Å². The molecule has 41 heavy (non-hydrogen) atoms. The number of cyclic esters (lactones) is 1. The van der Waals surface area contributed by atoms with Crippen molar-refractivity contribution >= 4 is 5.97 Å². The Balaban J connectivity index is 1.94. The van der Waals surface area contributed by atoms with Crippen LogP contribution >= 0.6 is 0 Å². The molecule has 0 saturated heterocycles. The highest BCUT2D eigenvalue weighted by atomic mass is 16.5. The largest absolute Gasteiger partial charge is 0.455 e. The Morgan fingerprint density at radius 3 is 1.71 bits per heavy atom. The summed E-state index contributed by atoms with van der Waals surface area (Å²) in [6, 6.07) is 0. The molecule has 0 amide bonds. The van der Waals surface area contributed by atoms with Gasteiger partial charge < -0.3 is 25.2 Å². The van der Waals surface area contributed by atoms with Crippen molar-refractivity contribution in [2.75, 3.05) is 0 Å². The molecule has 4 N–H and O–H groups in total. The smallest absolute Gasteiger partial charge is 0.334 e. The van der Waals surface area contributed by atoms with E-state index in [2.05, 4.69) is 25.2 Å². The van der Waals surface area contributed by atoms with Crippen LogP contribution in [0.4, 0.5) is 0 Å². The third-order valence-electron chi connectivity index (χ3n) is 7.95. The van der Waals surface area contributed by atoms with Crippen molar-refractivity contribution in [3.63, 3.8) is 0 Å². The fourth-order valence-electron chi connectivity index (χ4n) is 5.29. The summed E-state index contributed by atoms with van der Waals surface area (Å²) in [6.45, 7) is 4.07. The summed E-state index contributed by atoms with van der Waals surface area (Å²) in [7, 11) is 0. The number of aliphatic hydroxyl groups is 4. The van der Waals surface area contributed by atoms with E-state index in [4.69, 9.17) is 4.74 Å². The van der Waals surface area contributed by atoms with Gasteiger partial charge in [-0.05, 0) is 77.2 Å². The maximum absolute atomic E-state index is 11.6. The summed E-state index contributed by atoms with van der Waals surface area (Å²) in [5.41, 5.74) is 0.575. The fraction of sp³-hybridized carbons (Fsp3) is 0.800. The van der Waals surface area contributed by atoms with Crippen LogP contribution < -0.4 is 0 Å². The van der Waals surface area contributed by atoms with Crippen molar-refractivity contribution in [1.82, 2.24) is 0 Å². The van der Waals surface area contributed by atoms with Gasteiger partial charge in [0, 0.05) is 12.0 Å². The number of carbonyl (C=O) groups is 1. The molecule has 0 radical (unpaired) electrons. The highest BCUT2D eigenvalue weighted by molar-refractivity contribution is 5.90. The molecule has 1 heterocycles. The molecule has 0 bridgehead atoms. The van der Waals surface area contributed by atoms with Crippen molar-refractivity contribution in [3.8, 4) is 0 Å². The van der Waals surface area contributed by atoms with E-state index < -0.39 is 18.3 Å². The highest BCUT2D eigenvalue weighted by Crippen LogP contribution is 2.21. The van der Waals surface area contributed by atoms with Crippen LogP contribution in [0, 0.1) is 0 Å². The van der Waals surface area contributed by atoms with Crippen LogP contribution in [0.5, 0.6) is 0 Å². The molecular weight excluding hydrogens is 516 g/mol. The van der Waals surface area contributed by atoms with Gasteiger partial charge in [-0.2, -0.15) is 0 Å². The van der Waals surface area contributed by atoms with Crippen molar-refractivity contribution in [2.24, 2.45) is 0 Å². The summed E-state index contributed by atoms with van der Waals surface area (Å²) < 4.78 is 5.06. The first-order chi connectivity index (χ1) is 19.8. The van der Waals surface area contributed by atoms with Crippen molar-refractivity contribution in [2.45, 2.75) is 179 Å². The van der Waals surface area contributed by atoms with E-state index in [1.807, 2.05) is 13.0 Å². The summed E-state index contributed by atoms with van der Waals surface area (Å²) in [6.07, 6.45) is 28.2. The average Bonchev–Trinajstić information content (AvgIpc) is 3.26. The number of esters is 1. The second-order valence-electron chi connectivity index (χ2n) is 12.0. The third-order valence-corrected chi connectivity index (χ3v) is 7.95. The van der Waals surface area contributed by atoms with E-state index in [0.717, 1.165) is 51.4 Å². The minimum Gasteiger partial charge on any atom is -0.455 e. The van der Waals surface area contributed by atoms with Crippen molar-refractivity contribution < 1.29 is 30.0 Å². The number of unbranched alkanes of at least 4 members (excludes halogenated alkanes) is 10. The number of rotatable bonds is 27. The van der Waals surface area contributed by atoms with Gasteiger partial charge in [0.05, 0.1) is 24.4 Å². The van der Waals surface area contributed by atoms with Gasteiger partial charge in [-0.3, -0.25) is 0 Å². The molecule has 0 aromatic heterocycles. The van der Waals surface area contributed by atoms with Gasteiger partial charge >= 0.3 is 5.97 Å². The number of hydrogen-bond donors (Lipinski definition) is 4. The van der Waals surface area contributed by atoms with E-state index in [1.165, 1.54) is 51.4 Å². The van der Waals surface area contributed by atoms with Crippen LogP contribution in [0.1, 0.15) is 149 Å². The second kappa shape index (κ2) is 25.1. The lowest BCUT2D eigenvalue weighted by Gasteiger charge is -2.16. The number of aliphatic hydroxyl groups excluding tert-OH is 4. The quantitative estimate of drug-likeness (QED) is 0.0454. The molecule has 1 rings (SSSR count). The zero-order valence-corrected chi connectivity index (χ0v) is 26.2. The monoisotopic (exact) mass is 578 g/mol. The Morgan fingerprint density at radius 2 is 1.15 bits per heavy atom. The normalized spacial score (nSPS) is 18.6. The molecule has 0 aromatic carbocycles. The Morgan fingerprint density at radius 1 is 0.659 bits per heavy atom. The zero-order valence-electron chi connectivity index (χ0n) is 26.2. The van der Waals surface area contributed by atoms with Crippen LogP contribution in [0.15, 0.2) is 36.0 Å². The lowest BCUT2D eigenvalue weighted by Crippen LogP contribution is -2.25. The van der Waals surface area contributed by atoms with Gasteiger partial charge in [0.2, 0.25) is 0 Å². The lowest BCUT2D eigenvalue weighted by molar-refractivity contribution is -0.139. The van der Waals surface area contributed by atoms with Crippen molar-refractivity contribution in [1.29, 1.82) is 0 Å². The minimum atomic E-state index is -0.697. The highest BCUT2D eigenvalue weighted by Gasteiger charge is 2.24. The van der Waals surface area contributed by atoms with Gasteiger partial charge in [0.25, 0.3) is 0 Å². The maximum Gasteiger partial charge on any atom is 0.334 e. The molecule has 6 heteroatoms. The van der Waals surface area contributed by atoms with E-state index in [9.17, 15) is 25.2 Å². The Bertz CT molecular complexity index is 730. The van der Waals surface area contributed by atoms with Gasteiger partial charge in [-0.15, -0.1) is 0 Å². The maximum atomic E-state index is 11.6. The minimum absolute atomic E-state index is 0.197. The predicted molar refractivity (Wildman–Crippen MR) is 169 cm³/mol. The molecule has 6 nitrogen and oxygen atoms in total. The molecule has 0 aromatic rings. The van der Waals surface area contributed by atoms with Crippen LogP contribution in [0.3, 0.4) is 0 Å². The van der Waals surface area contributed by atoms with Gasteiger partial charge in [-0.25, -0.2) is 4.79 Å². The Hall–Kier alpha value is -1.47. The molecule has 0 fully saturated rings. The first kappa shape index (κ1) is 37.6. The Labute approximate surface area is 251 Å². The van der Waals surface area contributed by atoms with E-state index in [1.54, 1.807) is 6.08 Å². The van der Waals surface area contributed by atoms with Gasteiger partial charge in [0.15, 0.2) is 0 Å². The molecular formula is C35H62O6. The summed E-state index contributed by atoms with van der Waals surface area (Å²) in [5, 5.41) is 40.8. The standard InChI is InChI=1S/C35H62O6/c1-3-4-5-6-7-8-9-10-11-12-13-20-25-33(38)34(39)26-21-15-14-17-22-31(36)23-18-16-19-24-32(37)28-30-27-29(2)41-35(30)40/h12-15,27,29,31-34,36-39H,3-11,16-26,28H2,1-2H3/b13-12+,15-14-/t29-,31+,32-,33+,34+/m1/s1. The van der Waals surface area contributed by atoms with Crippen LogP contribution in [-0.2, 0) is 9.53 Å². The number of carbonyl (C=O) groups excluding carboxylic acids is 1. The molecule has 0 spiro atoms. The van der Waals surface area contributed by atoms with Gasteiger partial charge in [0.1, 0.15) is 6.10 Å². The predicted octanol–water partition coefficient (Wildman–Crippen LogP) is 7.63. The number of hydrogen-bond acceptors (Lipinski definition) is 6. The molecule has 0 aliphatic carbocycles. The molecule has 5 atom stereocenters. The van der Waals surface area contributed by atoms with E-state index in [-0.39, 0.29) is 18.2 Å². The zero-order chi connectivity index (χ0) is 30.1. The summed E-state index contributed by atoms with van der Waals surface area (Å²) in [5.74, 6) is -0.315. The van der Waals surface area contributed by atoms with Crippen LogP contribution in [-0.4, -0.2) is 56.9 Å². The molecule has 1 aliphatic rings. The van der Waals surface area contributed by atoms with E-state index in [0.29, 0.717) is 37.7 Å². The lowest BCUT2D eigenvalue weighted by atomic mass is 10.0. The number of ether oxygens (including phenoxy) is 1. The van der Waals surface area contributed by atoms with Crippen LogP contribution in [0.25, 0.3) is 0 Å².